The van der Waals surface area contributed by atoms with Gasteiger partial charge >= 0.3 is 0 Å². The Kier molecular flexibility index (Phi) is 10.1. The molecule has 0 heterocycles. The van der Waals surface area contributed by atoms with Crippen molar-refractivity contribution in [1.82, 2.24) is 5.43 Å². The molecule has 1 amide bonds. The Bertz CT molecular complexity index is 1180. The van der Waals surface area contributed by atoms with Gasteiger partial charge in [-0.05, 0) is 66.9 Å². The molecule has 0 atom stereocenters. The van der Waals surface area contributed by atoms with E-state index in [9.17, 15) is 4.79 Å². The molecule has 0 aromatic heterocycles. The van der Waals surface area contributed by atoms with Crippen LogP contribution in [0, 0.1) is 0 Å². The lowest BCUT2D eigenvalue weighted by Crippen LogP contribution is -2.17. The molecule has 0 bridgehead atoms. The number of hydrogen-bond acceptors (Lipinski definition) is 5. The van der Waals surface area contributed by atoms with E-state index in [1.807, 2.05) is 26.0 Å². The monoisotopic (exact) mass is 534 g/mol. The maximum atomic E-state index is 12.5. The van der Waals surface area contributed by atoms with E-state index in [4.69, 9.17) is 49.0 Å². The third-order valence-electron chi connectivity index (χ3n) is 4.64. The maximum absolute atomic E-state index is 12.5. The molecule has 184 valence electrons. The molecule has 9 heteroatoms. The van der Waals surface area contributed by atoms with Gasteiger partial charge in [-0.3, -0.25) is 4.79 Å². The fraction of sp³-hybridized carbons (Fsp3) is 0.231. The lowest BCUT2D eigenvalue weighted by atomic mass is 10.2. The third kappa shape index (κ3) is 7.79. The van der Waals surface area contributed by atoms with Gasteiger partial charge in [0.25, 0.3) is 5.91 Å². The molecular weight excluding hydrogens is 511 g/mol. The molecule has 3 aromatic rings. The number of nitrogens with one attached hydrogen (secondary N) is 1. The summed E-state index contributed by atoms with van der Waals surface area (Å²) in [5.41, 5.74) is 4.35. The average Bonchev–Trinajstić information content (AvgIpc) is 2.83. The van der Waals surface area contributed by atoms with Crippen molar-refractivity contribution in [3.8, 4) is 17.2 Å². The van der Waals surface area contributed by atoms with E-state index in [2.05, 4.69) is 10.5 Å². The highest BCUT2D eigenvalue weighted by atomic mass is 35.5. The zero-order chi connectivity index (χ0) is 25.2. The first-order chi connectivity index (χ1) is 16.9. The second-order valence-electron chi connectivity index (χ2n) is 7.37. The standard InChI is InChI=1S/C26H25Cl3N2O4/c1-3-10-34-23-9-8-19(14-24(23)33-4-2)26(32)31-30-15-18-12-21(28)25(22(29)13-18)35-16-17-6-5-7-20(27)11-17/h5-9,11-15H,3-4,10,16H2,1-2H3,(H,31,32)/b30-15+. The van der Waals surface area contributed by atoms with Crippen molar-refractivity contribution < 1.29 is 19.0 Å². The van der Waals surface area contributed by atoms with Gasteiger partial charge in [-0.2, -0.15) is 5.10 Å². The minimum Gasteiger partial charge on any atom is -0.490 e. The summed E-state index contributed by atoms with van der Waals surface area (Å²) in [7, 11) is 0. The summed E-state index contributed by atoms with van der Waals surface area (Å²) in [4.78, 5) is 12.5. The van der Waals surface area contributed by atoms with Crippen molar-refractivity contribution in [3.05, 3.63) is 86.4 Å². The summed E-state index contributed by atoms with van der Waals surface area (Å²) < 4.78 is 17.0. The number of halogens is 3. The number of benzene rings is 3. The quantitative estimate of drug-likeness (QED) is 0.209. The summed E-state index contributed by atoms with van der Waals surface area (Å²) in [6.07, 6.45) is 2.31. The number of carbonyl (C=O) groups excluding carboxylic acids is 1. The van der Waals surface area contributed by atoms with Crippen LogP contribution in [0.15, 0.2) is 59.7 Å². The van der Waals surface area contributed by atoms with E-state index in [0.717, 1.165) is 12.0 Å². The number of rotatable bonds is 11. The van der Waals surface area contributed by atoms with Crippen LogP contribution in [0.3, 0.4) is 0 Å². The maximum Gasteiger partial charge on any atom is 0.271 e. The van der Waals surface area contributed by atoms with Crippen LogP contribution in [0.25, 0.3) is 0 Å². The smallest absolute Gasteiger partial charge is 0.271 e. The van der Waals surface area contributed by atoms with Gasteiger partial charge in [0.2, 0.25) is 0 Å². The van der Waals surface area contributed by atoms with Crippen molar-refractivity contribution in [1.29, 1.82) is 0 Å². The topological polar surface area (TPSA) is 69.2 Å². The first kappa shape index (κ1) is 26.7. The highest BCUT2D eigenvalue weighted by Gasteiger charge is 2.12. The molecule has 0 saturated carbocycles. The molecule has 0 radical (unpaired) electrons. The van der Waals surface area contributed by atoms with Gasteiger partial charge in [-0.15, -0.1) is 0 Å². The van der Waals surface area contributed by atoms with Crippen LogP contribution in [0.2, 0.25) is 15.1 Å². The third-order valence-corrected chi connectivity index (χ3v) is 5.44. The van der Waals surface area contributed by atoms with Crippen LogP contribution in [0.4, 0.5) is 0 Å². The van der Waals surface area contributed by atoms with Gasteiger partial charge in [-0.1, -0.05) is 53.9 Å². The summed E-state index contributed by atoms with van der Waals surface area (Å²) in [5, 5.41) is 5.26. The van der Waals surface area contributed by atoms with E-state index in [1.54, 1.807) is 42.5 Å². The molecule has 35 heavy (non-hydrogen) atoms. The molecule has 0 aliphatic rings. The molecule has 0 saturated heterocycles. The number of carbonyl (C=O) groups is 1. The van der Waals surface area contributed by atoms with Crippen LogP contribution in [-0.2, 0) is 6.61 Å². The van der Waals surface area contributed by atoms with E-state index in [0.29, 0.717) is 56.7 Å². The Morgan fingerprint density at radius 1 is 0.943 bits per heavy atom. The van der Waals surface area contributed by atoms with Crippen molar-refractivity contribution in [2.75, 3.05) is 13.2 Å². The molecule has 0 spiro atoms. The number of amides is 1. The Hall–Kier alpha value is -2.93. The van der Waals surface area contributed by atoms with Crippen LogP contribution in [0.5, 0.6) is 17.2 Å². The van der Waals surface area contributed by atoms with Crippen LogP contribution >= 0.6 is 34.8 Å². The lowest BCUT2D eigenvalue weighted by Gasteiger charge is -2.12. The Balaban J connectivity index is 1.64. The Labute approximate surface area is 219 Å². The molecule has 3 rings (SSSR count). The van der Waals surface area contributed by atoms with E-state index in [1.165, 1.54) is 6.21 Å². The second kappa shape index (κ2) is 13.2. The van der Waals surface area contributed by atoms with Crippen molar-refractivity contribution in [2.24, 2.45) is 5.10 Å². The summed E-state index contributed by atoms with van der Waals surface area (Å²) >= 11 is 18.7. The minimum atomic E-state index is -0.400. The van der Waals surface area contributed by atoms with Gasteiger partial charge in [0.15, 0.2) is 17.2 Å². The molecule has 3 aromatic carbocycles. The fourth-order valence-electron chi connectivity index (χ4n) is 3.05. The molecule has 1 N–H and O–H groups in total. The van der Waals surface area contributed by atoms with Crippen LogP contribution in [-0.4, -0.2) is 25.3 Å². The molecule has 0 aliphatic carbocycles. The van der Waals surface area contributed by atoms with Gasteiger partial charge in [0.1, 0.15) is 6.61 Å². The van der Waals surface area contributed by atoms with Crippen LogP contribution < -0.4 is 19.6 Å². The Morgan fingerprint density at radius 3 is 2.40 bits per heavy atom. The number of ether oxygens (including phenoxy) is 3. The van der Waals surface area contributed by atoms with Gasteiger partial charge in [-0.25, -0.2) is 5.43 Å². The zero-order valence-electron chi connectivity index (χ0n) is 19.3. The largest absolute Gasteiger partial charge is 0.490 e. The predicted molar refractivity (Wildman–Crippen MR) is 141 cm³/mol. The van der Waals surface area contributed by atoms with E-state index < -0.39 is 5.91 Å². The summed E-state index contributed by atoms with van der Waals surface area (Å²) in [6, 6.07) is 15.6. The molecule has 0 unspecified atom stereocenters. The number of nitrogens with zero attached hydrogens (tertiary/aromatic N) is 1. The lowest BCUT2D eigenvalue weighted by molar-refractivity contribution is 0.0954. The first-order valence-electron chi connectivity index (χ1n) is 11.0. The summed E-state index contributed by atoms with van der Waals surface area (Å²) in [6.45, 7) is 5.15. The highest BCUT2D eigenvalue weighted by molar-refractivity contribution is 6.37. The fourth-order valence-corrected chi connectivity index (χ4v) is 3.88. The Morgan fingerprint density at radius 2 is 1.71 bits per heavy atom. The molecule has 0 fully saturated rings. The SMILES string of the molecule is CCCOc1ccc(C(=O)N/N=C/c2cc(Cl)c(OCc3cccc(Cl)c3)c(Cl)c2)cc1OCC. The average molecular weight is 536 g/mol. The van der Waals surface area contributed by atoms with Gasteiger partial charge in [0, 0.05) is 10.6 Å². The van der Waals surface area contributed by atoms with E-state index >= 15 is 0 Å². The first-order valence-corrected chi connectivity index (χ1v) is 12.1. The molecule has 0 aliphatic heterocycles. The minimum absolute atomic E-state index is 0.259. The highest BCUT2D eigenvalue weighted by Crippen LogP contribution is 2.34. The number of hydrogen-bond donors (Lipinski definition) is 1. The number of hydrazone groups is 1. The second-order valence-corrected chi connectivity index (χ2v) is 8.63. The van der Waals surface area contributed by atoms with Crippen molar-refractivity contribution in [2.45, 2.75) is 26.9 Å². The van der Waals surface area contributed by atoms with Gasteiger partial charge in [0.05, 0.1) is 29.5 Å². The predicted octanol–water partition coefficient (Wildman–Crippen LogP) is 7.18. The molecule has 6 nitrogen and oxygen atoms in total. The van der Waals surface area contributed by atoms with Crippen LogP contribution in [0.1, 0.15) is 41.8 Å². The van der Waals surface area contributed by atoms with E-state index in [-0.39, 0.29) is 6.61 Å². The van der Waals surface area contributed by atoms with Gasteiger partial charge < -0.3 is 14.2 Å². The zero-order valence-corrected chi connectivity index (χ0v) is 21.6. The molecular formula is C26H25Cl3N2O4. The van der Waals surface area contributed by atoms with Crippen molar-refractivity contribution >= 4 is 46.9 Å². The van der Waals surface area contributed by atoms with Crippen molar-refractivity contribution in [3.63, 3.8) is 0 Å². The summed E-state index contributed by atoms with van der Waals surface area (Å²) in [5.74, 6) is 1.05. The normalized spacial score (nSPS) is 10.9.